The monoisotopic (exact) mass is 261 g/mol. The Labute approximate surface area is 117 Å². The van der Waals surface area contributed by atoms with Crippen LogP contribution in [0.2, 0.25) is 0 Å². The Kier molecular flexibility index (Phi) is 6.10. The molecule has 1 aromatic rings. The van der Waals surface area contributed by atoms with Gasteiger partial charge in [0.05, 0.1) is 0 Å². The van der Waals surface area contributed by atoms with Crippen LogP contribution in [0.5, 0.6) is 5.75 Å². The summed E-state index contributed by atoms with van der Waals surface area (Å²) in [5.41, 5.74) is 2.65. The maximum Gasteiger partial charge on any atom is 0.119 e. The van der Waals surface area contributed by atoms with Crippen molar-refractivity contribution in [2.75, 3.05) is 19.7 Å². The zero-order valence-electron chi connectivity index (χ0n) is 12.8. The molecule has 0 radical (unpaired) electrons. The fourth-order valence-corrected chi connectivity index (χ4v) is 1.74. The molecule has 0 aliphatic heterocycles. The van der Waals surface area contributed by atoms with Crippen LogP contribution in [-0.4, -0.2) is 19.7 Å². The first-order valence-electron chi connectivity index (χ1n) is 7.10. The van der Waals surface area contributed by atoms with Gasteiger partial charge in [-0.3, -0.25) is 0 Å². The van der Waals surface area contributed by atoms with Gasteiger partial charge in [0.2, 0.25) is 0 Å². The van der Waals surface area contributed by atoms with Crippen molar-refractivity contribution in [2.24, 2.45) is 0 Å². The SMILES string of the molecule is C=C(CNCC)COc1ccc(C(C)(C)CC)cc1. The minimum Gasteiger partial charge on any atom is -0.489 e. The highest BCUT2D eigenvalue weighted by Crippen LogP contribution is 2.28. The molecule has 0 fully saturated rings. The first-order valence-corrected chi connectivity index (χ1v) is 7.10. The summed E-state index contributed by atoms with van der Waals surface area (Å²) < 4.78 is 5.73. The molecule has 2 nitrogen and oxygen atoms in total. The molecular weight excluding hydrogens is 234 g/mol. The number of benzene rings is 1. The zero-order chi connectivity index (χ0) is 14.3. The van der Waals surface area contributed by atoms with Gasteiger partial charge in [-0.25, -0.2) is 0 Å². The van der Waals surface area contributed by atoms with Crippen molar-refractivity contribution in [3.8, 4) is 5.75 Å². The summed E-state index contributed by atoms with van der Waals surface area (Å²) in [6.07, 6.45) is 1.13. The largest absolute Gasteiger partial charge is 0.489 e. The van der Waals surface area contributed by atoms with E-state index in [1.807, 2.05) is 12.1 Å². The molecule has 2 heteroatoms. The van der Waals surface area contributed by atoms with Gasteiger partial charge in [-0.1, -0.05) is 46.4 Å². The van der Waals surface area contributed by atoms with Crippen LogP contribution in [0, 0.1) is 0 Å². The van der Waals surface area contributed by atoms with Gasteiger partial charge in [0.1, 0.15) is 12.4 Å². The van der Waals surface area contributed by atoms with Gasteiger partial charge in [-0.2, -0.15) is 0 Å². The molecule has 1 N–H and O–H groups in total. The van der Waals surface area contributed by atoms with E-state index in [1.165, 1.54) is 5.56 Å². The van der Waals surface area contributed by atoms with Crippen LogP contribution in [0.1, 0.15) is 39.7 Å². The van der Waals surface area contributed by atoms with Gasteiger partial charge in [0, 0.05) is 6.54 Å². The predicted octanol–water partition coefficient (Wildman–Crippen LogP) is 3.92. The highest BCUT2D eigenvalue weighted by molar-refractivity contribution is 5.31. The second-order valence-electron chi connectivity index (χ2n) is 5.58. The van der Waals surface area contributed by atoms with Crippen molar-refractivity contribution in [2.45, 2.75) is 39.5 Å². The first kappa shape index (κ1) is 15.8. The van der Waals surface area contributed by atoms with Gasteiger partial charge in [0.25, 0.3) is 0 Å². The number of ether oxygens (including phenoxy) is 1. The molecule has 0 aliphatic rings. The fraction of sp³-hybridized carbons (Fsp3) is 0.529. The molecular formula is C17H27NO. The number of hydrogen-bond donors (Lipinski definition) is 1. The molecule has 0 aromatic heterocycles. The third-order valence-electron chi connectivity index (χ3n) is 3.59. The van der Waals surface area contributed by atoms with Gasteiger partial charge < -0.3 is 10.1 Å². The lowest BCUT2D eigenvalue weighted by Crippen LogP contribution is -2.19. The molecule has 0 bridgehead atoms. The number of rotatable bonds is 8. The topological polar surface area (TPSA) is 21.3 Å². The van der Waals surface area contributed by atoms with E-state index in [0.717, 1.165) is 30.8 Å². The molecule has 1 rings (SSSR count). The third-order valence-corrected chi connectivity index (χ3v) is 3.59. The number of hydrogen-bond acceptors (Lipinski definition) is 2. The van der Waals surface area contributed by atoms with Crippen molar-refractivity contribution in [3.63, 3.8) is 0 Å². The predicted molar refractivity (Wildman–Crippen MR) is 82.9 cm³/mol. The molecule has 0 atom stereocenters. The van der Waals surface area contributed by atoms with E-state index in [0.29, 0.717) is 6.61 Å². The van der Waals surface area contributed by atoms with E-state index in [1.54, 1.807) is 0 Å². The van der Waals surface area contributed by atoms with Gasteiger partial charge in [-0.05, 0) is 41.6 Å². The average Bonchev–Trinajstić information content (AvgIpc) is 2.43. The Balaban J connectivity index is 2.51. The van der Waals surface area contributed by atoms with Crippen molar-refractivity contribution >= 4 is 0 Å². The van der Waals surface area contributed by atoms with Gasteiger partial charge >= 0.3 is 0 Å². The van der Waals surface area contributed by atoms with E-state index in [-0.39, 0.29) is 5.41 Å². The van der Waals surface area contributed by atoms with Crippen LogP contribution < -0.4 is 10.1 Å². The summed E-state index contributed by atoms with van der Waals surface area (Å²) in [5.74, 6) is 0.910. The highest BCUT2D eigenvalue weighted by atomic mass is 16.5. The smallest absolute Gasteiger partial charge is 0.119 e. The molecule has 106 valence electrons. The molecule has 0 spiro atoms. The van der Waals surface area contributed by atoms with Crippen molar-refractivity contribution in [1.29, 1.82) is 0 Å². The normalized spacial score (nSPS) is 11.4. The third kappa shape index (κ3) is 5.07. The molecule has 0 saturated carbocycles. The van der Waals surface area contributed by atoms with Gasteiger partial charge in [-0.15, -0.1) is 0 Å². The Morgan fingerprint density at radius 1 is 1.21 bits per heavy atom. The molecule has 0 aliphatic carbocycles. The molecule has 0 unspecified atom stereocenters. The molecule has 1 aromatic carbocycles. The lowest BCUT2D eigenvalue weighted by Gasteiger charge is -2.23. The Hall–Kier alpha value is -1.28. The summed E-state index contributed by atoms with van der Waals surface area (Å²) in [6, 6.07) is 8.42. The van der Waals surface area contributed by atoms with E-state index < -0.39 is 0 Å². The van der Waals surface area contributed by atoms with E-state index in [2.05, 4.69) is 51.7 Å². The lowest BCUT2D eigenvalue weighted by atomic mass is 9.82. The highest BCUT2D eigenvalue weighted by Gasteiger charge is 2.17. The summed E-state index contributed by atoms with van der Waals surface area (Å²) in [5, 5.41) is 3.24. The van der Waals surface area contributed by atoms with E-state index in [9.17, 15) is 0 Å². The molecule has 19 heavy (non-hydrogen) atoms. The molecule has 0 saturated heterocycles. The van der Waals surface area contributed by atoms with Crippen molar-refractivity contribution in [3.05, 3.63) is 42.0 Å². The van der Waals surface area contributed by atoms with Crippen LogP contribution in [0.25, 0.3) is 0 Å². The number of likely N-dealkylation sites (N-methyl/N-ethyl adjacent to an activating group) is 1. The summed E-state index contributed by atoms with van der Waals surface area (Å²) in [6.45, 7) is 15.2. The summed E-state index contributed by atoms with van der Waals surface area (Å²) >= 11 is 0. The van der Waals surface area contributed by atoms with E-state index in [4.69, 9.17) is 4.74 Å². The zero-order valence-corrected chi connectivity index (χ0v) is 12.8. The fourth-order valence-electron chi connectivity index (χ4n) is 1.74. The van der Waals surface area contributed by atoms with Crippen LogP contribution in [0.3, 0.4) is 0 Å². The Bertz CT molecular complexity index is 392. The standard InChI is InChI=1S/C17H27NO/c1-6-17(4,5)15-8-10-16(11-9-15)19-13-14(3)12-18-7-2/h8-11,18H,3,6-7,12-13H2,1-2,4-5H3. The first-order chi connectivity index (χ1) is 8.99. The Morgan fingerprint density at radius 2 is 1.84 bits per heavy atom. The van der Waals surface area contributed by atoms with Crippen LogP contribution in [-0.2, 0) is 5.41 Å². The average molecular weight is 261 g/mol. The summed E-state index contributed by atoms with van der Waals surface area (Å²) in [4.78, 5) is 0. The minimum atomic E-state index is 0.229. The van der Waals surface area contributed by atoms with E-state index >= 15 is 0 Å². The quantitative estimate of drug-likeness (QED) is 0.716. The maximum atomic E-state index is 5.73. The van der Waals surface area contributed by atoms with Crippen LogP contribution in [0.15, 0.2) is 36.4 Å². The summed E-state index contributed by atoms with van der Waals surface area (Å²) in [7, 11) is 0. The maximum absolute atomic E-state index is 5.73. The minimum absolute atomic E-state index is 0.229. The molecule has 0 heterocycles. The van der Waals surface area contributed by atoms with Crippen molar-refractivity contribution in [1.82, 2.24) is 5.32 Å². The second kappa shape index (κ2) is 7.34. The van der Waals surface area contributed by atoms with Crippen LogP contribution >= 0.6 is 0 Å². The second-order valence-corrected chi connectivity index (χ2v) is 5.58. The molecule has 0 amide bonds. The van der Waals surface area contributed by atoms with Crippen molar-refractivity contribution < 1.29 is 4.74 Å². The van der Waals surface area contributed by atoms with Gasteiger partial charge in [0.15, 0.2) is 0 Å². The lowest BCUT2D eigenvalue weighted by molar-refractivity contribution is 0.348. The Morgan fingerprint density at radius 3 is 2.37 bits per heavy atom. The number of nitrogens with one attached hydrogen (secondary N) is 1. The van der Waals surface area contributed by atoms with Crippen LogP contribution in [0.4, 0.5) is 0 Å².